The first-order chi connectivity index (χ1) is 19.0. The molecule has 202 valence electrons. The molecule has 0 aliphatic carbocycles. The molecule has 1 N–H and O–H groups in total. The van der Waals surface area contributed by atoms with Crippen LogP contribution in [0.15, 0.2) is 91.0 Å². The van der Waals surface area contributed by atoms with Crippen LogP contribution >= 0.6 is 0 Å². The van der Waals surface area contributed by atoms with E-state index in [0.29, 0.717) is 37.6 Å². The highest BCUT2D eigenvalue weighted by Gasteiger charge is 2.17. The number of aryl methyl sites for hydroxylation is 2. The minimum Gasteiger partial charge on any atom is -0.493 e. The molecule has 4 aromatic carbocycles. The van der Waals surface area contributed by atoms with Crippen LogP contribution in [-0.4, -0.2) is 31.7 Å². The van der Waals surface area contributed by atoms with Gasteiger partial charge in [-0.1, -0.05) is 66.7 Å². The maximum absolute atomic E-state index is 13.6. The number of nitrogens with zero attached hydrogens (tertiary/aromatic N) is 1. The number of carbonyl (C=O) groups is 1. The number of urea groups is 1. The van der Waals surface area contributed by atoms with Crippen LogP contribution in [0.5, 0.6) is 17.2 Å². The molecule has 0 heterocycles. The number of anilines is 1. The maximum atomic E-state index is 13.6. The van der Waals surface area contributed by atoms with Crippen LogP contribution in [0, 0.1) is 13.8 Å². The van der Waals surface area contributed by atoms with Crippen molar-refractivity contribution in [3.05, 3.63) is 119 Å². The Labute approximate surface area is 231 Å². The Hall–Kier alpha value is -4.45. The van der Waals surface area contributed by atoms with Crippen molar-refractivity contribution < 1.29 is 19.0 Å². The Balaban J connectivity index is 1.52. The number of para-hydroxylation sites is 1. The summed E-state index contributed by atoms with van der Waals surface area (Å²) in [7, 11) is 3.24. The number of carbonyl (C=O) groups excluding carboxylic acids is 1. The molecule has 4 aromatic rings. The molecule has 39 heavy (non-hydrogen) atoms. The number of hydrogen-bond donors (Lipinski definition) is 1. The highest BCUT2D eigenvalue weighted by molar-refractivity contribution is 5.91. The summed E-state index contributed by atoms with van der Waals surface area (Å²) in [5.74, 6) is 2.12. The first kappa shape index (κ1) is 27.6. The van der Waals surface area contributed by atoms with Gasteiger partial charge in [0.25, 0.3) is 0 Å². The molecule has 0 fully saturated rings. The van der Waals surface area contributed by atoms with Crippen molar-refractivity contribution in [3.8, 4) is 17.2 Å². The van der Waals surface area contributed by atoms with E-state index in [-0.39, 0.29) is 6.03 Å². The number of methoxy groups -OCH3 is 2. The van der Waals surface area contributed by atoms with E-state index in [1.54, 1.807) is 14.2 Å². The summed E-state index contributed by atoms with van der Waals surface area (Å²) >= 11 is 0. The Morgan fingerprint density at radius 1 is 0.744 bits per heavy atom. The molecule has 6 nitrogen and oxygen atoms in total. The Morgan fingerprint density at radius 2 is 1.44 bits per heavy atom. The van der Waals surface area contributed by atoms with E-state index in [1.807, 2.05) is 110 Å². The fourth-order valence-corrected chi connectivity index (χ4v) is 4.45. The third-order valence-corrected chi connectivity index (χ3v) is 6.64. The average Bonchev–Trinajstić information content (AvgIpc) is 2.96. The molecule has 0 aromatic heterocycles. The van der Waals surface area contributed by atoms with E-state index in [2.05, 4.69) is 5.32 Å². The van der Waals surface area contributed by atoms with Crippen LogP contribution in [0.1, 0.15) is 27.8 Å². The van der Waals surface area contributed by atoms with Gasteiger partial charge >= 0.3 is 6.03 Å². The van der Waals surface area contributed by atoms with Crippen LogP contribution in [0.4, 0.5) is 10.5 Å². The van der Waals surface area contributed by atoms with Crippen molar-refractivity contribution in [1.29, 1.82) is 0 Å². The molecule has 0 saturated carbocycles. The lowest BCUT2D eigenvalue weighted by Crippen LogP contribution is -2.36. The second-order valence-electron chi connectivity index (χ2n) is 9.48. The molecular formula is C33H36N2O4. The molecule has 6 heteroatoms. The van der Waals surface area contributed by atoms with Crippen LogP contribution in [0.3, 0.4) is 0 Å². The lowest BCUT2D eigenvalue weighted by atomic mass is 10.1. The van der Waals surface area contributed by atoms with Crippen molar-refractivity contribution in [2.45, 2.75) is 33.4 Å². The molecule has 0 saturated heterocycles. The summed E-state index contributed by atoms with van der Waals surface area (Å²) in [5.41, 5.74) is 6.05. The Kier molecular flexibility index (Phi) is 9.46. The first-order valence-electron chi connectivity index (χ1n) is 13.1. The van der Waals surface area contributed by atoms with Crippen molar-refractivity contribution in [2.75, 3.05) is 26.1 Å². The molecule has 0 aliphatic heterocycles. The van der Waals surface area contributed by atoms with Crippen LogP contribution in [0.2, 0.25) is 0 Å². The summed E-state index contributed by atoms with van der Waals surface area (Å²) in [5, 5.41) is 3.15. The number of benzene rings is 4. The van der Waals surface area contributed by atoms with Crippen LogP contribution in [-0.2, 0) is 19.6 Å². The minimum atomic E-state index is -0.150. The van der Waals surface area contributed by atoms with Gasteiger partial charge in [0.15, 0.2) is 11.5 Å². The van der Waals surface area contributed by atoms with E-state index < -0.39 is 0 Å². The lowest BCUT2D eigenvalue weighted by Gasteiger charge is -2.25. The zero-order valence-electron chi connectivity index (χ0n) is 23.1. The van der Waals surface area contributed by atoms with Gasteiger partial charge in [0.1, 0.15) is 12.4 Å². The van der Waals surface area contributed by atoms with Gasteiger partial charge in [0, 0.05) is 18.8 Å². The molecule has 0 spiro atoms. The average molecular weight is 525 g/mol. The molecular weight excluding hydrogens is 488 g/mol. The highest BCUT2D eigenvalue weighted by Crippen LogP contribution is 2.28. The van der Waals surface area contributed by atoms with Gasteiger partial charge in [0.05, 0.1) is 14.2 Å². The highest BCUT2D eigenvalue weighted by atomic mass is 16.5. The fourth-order valence-electron chi connectivity index (χ4n) is 4.45. The summed E-state index contributed by atoms with van der Waals surface area (Å²) < 4.78 is 16.9. The quantitative estimate of drug-likeness (QED) is 0.226. The summed E-state index contributed by atoms with van der Waals surface area (Å²) in [6.07, 6.45) is 0.657. The standard InChI is InChI=1S/C33H36N2O4/c1-24-10-8-11-25(2)32(24)34-33(36)35(19-18-26-16-17-30(37-3)31(21-26)38-4)22-28-14-9-15-29(20-28)39-23-27-12-6-5-7-13-27/h5-17,20-21H,18-19,22-23H2,1-4H3,(H,34,36). The van der Waals surface area contributed by atoms with E-state index >= 15 is 0 Å². The Bertz CT molecular complexity index is 1370. The number of ether oxygens (including phenoxy) is 3. The van der Waals surface area contributed by atoms with Crippen LogP contribution in [0.25, 0.3) is 0 Å². The minimum absolute atomic E-state index is 0.150. The predicted octanol–water partition coefficient (Wildman–Crippen LogP) is 7.18. The first-order valence-corrected chi connectivity index (χ1v) is 13.1. The summed E-state index contributed by atoms with van der Waals surface area (Å²) in [4.78, 5) is 15.4. The van der Waals surface area contributed by atoms with Crippen molar-refractivity contribution >= 4 is 11.7 Å². The largest absolute Gasteiger partial charge is 0.493 e. The third-order valence-electron chi connectivity index (χ3n) is 6.64. The van der Waals surface area contributed by atoms with Gasteiger partial charge in [-0.2, -0.15) is 0 Å². The van der Waals surface area contributed by atoms with Gasteiger partial charge in [-0.3, -0.25) is 0 Å². The Morgan fingerprint density at radius 3 is 2.15 bits per heavy atom. The zero-order valence-corrected chi connectivity index (χ0v) is 23.1. The monoisotopic (exact) mass is 524 g/mol. The third kappa shape index (κ3) is 7.54. The van der Waals surface area contributed by atoms with Gasteiger partial charge in [0.2, 0.25) is 0 Å². The number of amides is 2. The van der Waals surface area contributed by atoms with Crippen molar-refractivity contribution in [1.82, 2.24) is 4.90 Å². The van der Waals surface area contributed by atoms with Crippen molar-refractivity contribution in [2.24, 2.45) is 0 Å². The van der Waals surface area contributed by atoms with E-state index in [0.717, 1.165) is 39.3 Å². The molecule has 2 amide bonds. The second kappa shape index (κ2) is 13.4. The molecule has 0 aliphatic rings. The van der Waals surface area contributed by atoms with Gasteiger partial charge in [-0.25, -0.2) is 4.79 Å². The number of nitrogens with one attached hydrogen (secondary N) is 1. The molecule has 4 rings (SSSR count). The maximum Gasteiger partial charge on any atom is 0.322 e. The predicted molar refractivity (Wildman–Crippen MR) is 156 cm³/mol. The van der Waals surface area contributed by atoms with Gasteiger partial charge < -0.3 is 24.4 Å². The van der Waals surface area contributed by atoms with Gasteiger partial charge in [-0.15, -0.1) is 0 Å². The van der Waals surface area contributed by atoms with E-state index in [1.165, 1.54) is 0 Å². The molecule has 0 unspecified atom stereocenters. The lowest BCUT2D eigenvalue weighted by molar-refractivity contribution is 0.209. The second-order valence-corrected chi connectivity index (χ2v) is 9.48. The molecule has 0 bridgehead atoms. The van der Waals surface area contributed by atoms with Crippen molar-refractivity contribution in [3.63, 3.8) is 0 Å². The van der Waals surface area contributed by atoms with Crippen LogP contribution < -0.4 is 19.5 Å². The SMILES string of the molecule is COc1ccc(CCN(Cc2cccc(OCc3ccccc3)c2)C(=O)Nc2c(C)cccc2C)cc1OC. The normalized spacial score (nSPS) is 10.6. The summed E-state index contributed by atoms with van der Waals surface area (Å²) in [6, 6.07) is 29.7. The van der Waals surface area contributed by atoms with Gasteiger partial charge in [-0.05, 0) is 72.4 Å². The van der Waals surface area contributed by atoms with E-state index in [4.69, 9.17) is 14.2 Å². The number of rotatable bonds is 11. The smallest absolute Gasteiger partial charge is 0.322 e. The van der Waals surface area contributed by atoms with E-state index in [9.17, 15) is 4.79 Å². The summed E-state index contributed by atoms with van der Waals surface area (Å²) in [6.45, 7) is 5.45. The molecule has 0 radical (unpaired) electrons. The molecule has 0 atom stereocenters. The topological polar surface area (TPSA) is 60.0 Å². The fraction of sp³-hybridized carbons (Fsp3) is 0.242. The number of hydrogen-bond acceptors (Lipinski definition) is 4. The zero-order chi connectivity index (χ0) is 27.6.